The van der Waals surface area contributed by atoms with Gasteiger partial charge in [0.2, 0.25) is 0 Å². The van der Waals surface area contributed by atoms with Gasteiger partial charge in [-0.1, -0.05) is 13.8 Å². The standard InChI is InChI=1S/C17H24N6O/c1-12(2)14-9-15(21-20-14)17(24)23-8-5-13(10-23)22(3)11-16-18-6-4-7-19-16/h4,6-7,9,12-13H,5,8,10-11H2,1-3H3,(H,20,21). The average Bonchev–Trinajstić information content (AvgIpc) is 3.25. The van der Waals surface area contributed by atoms with Crippen molar-refractivity contribution in [1.29, 1.82) is 0 Å². The molecular weight excluding hydrogens is 304 g/mol. The Balaban J connectivity index is 1.59. The summed E-state index contributed by atoms with van der Waals surface area (Å²) in [6.45, 7) is 6.31. The Bertz CT molecular complexity index is 683. The van der Waals surface area contributed by atoms with Crippen LogP contribution in [0, 0.1) is 0 Å². The quantitative estimate of drug-likeness (QED) is 0.903. The van der Waals surface area contributed by atoms with Crippen LogP contribution in [0.25, 0.3) is 0 Å². The van der Waals surface area contributed by atoms with Gasteiger partial charge in [-0.3, -0.25) is 14.8 Å². The molecule has 1 fully saturated rings. The first-order valence-electron chi connectivity index (χ1n) is 8.35. The number of rotatable bonds is 5. The van der Waals surface area contributed by atoms with Crippen LogP contribution in [0.15, 0.2) is 24.5 Å². The first-order chi connectivity index (χ1) is 11.5. The third-order valence-electron chi connectivity index (χ3n) is 4.52. The molecule has 0 aromatic carbocycles. The largest absolute Gasteiger partial charge is 0.336 e. The van der Waals surface area contributed by atoms with Crippen LogP contribution in [-0.4, -0.2) is 62.1 Å². The number of aromatic amines is 1. The molecule has 0 bridgehead atoms. The van der Waals surface area contributed by atoms with Crippen LogP contribution in [0.3, 0.4) is 0 Å². The first kappa shape index (κ1) is 16.6. The normalized spacial score (nSPS) is 17.9. The zero-order valence-electron chi connectivity index (χ0n) is 14.4. The number of hydrogen-bond donors (Lipinski definition) is 1. The molecule has 1 amide bonds. The molecule has 1 aliphatic rings. The van der Waals surface area contributed by atoms with Crippen LogP contribution < -0.4 is 0 Å². The van der Waals surface area contributed by atoms with E-state index in [1.807, 2.05) is 17.0 Å². The molecule has 1 saturated heterocycles. The van der Waals surface area contributed by atoms with Crippen LogP contribution in [0.5, 0.6) is 0 Å². The monoisotopic (exact) mass is 328 g/mol. The molecule has 0 saturated carbocycles. The zero-order chi connectivity index (χ0) is 17.1. The molecule has 7 heteroatoms. The van der Waals surface area contributed by atoms with E-state index in [4.69, 9.17) is 0 Å². The van der Waals surface area contributed by atoms with Gasteiger partial charge in [-0.15, -0.1) is 0 Å². The van der Waals surface area contributed by atoms with Gasteiger partial charge in [0.25, 0.3) is 5.91 Å². The average molecular weight is 328 g/mol. The maximum Gasteiger partial charge on any atom is 0.274 e. The van der Waals surface area contributed by atoms with E-state index in [9.17, 15) is 4.79 Å². The Kier molecular flexibility index (Phi) is 4.89. The summed E-state index contributed by atoms with van der Waals surface area (Å²) in [7, 11) is 2.06. The van der Waals surface area contributed by atoms with Gasteiger partial charge < -0.3 is 4.90 Å². The van der Waals surface area contributed by atoms with Gasteiger partial charge in [0.15, 0.2) is 0 Å². The van der Waals surface area contributed by atoms with E-state index < -0.39 is 0 Å². The number of nitrogens with zero attached hydrogens (tertiary/aromatic N) is 5. The first-order valence-corrected chi connectivity index (χ1v) is 8.35. The van der Waals surface area contributed by atoms with Crippen molar-refractivity contribution in [2.45, 2.75) is 38.8 Å². The Labute approximate surface area is 142 Å². The van der Waals surface area contributed by atoms with E-state index in [-0.39, 0.29) is 5.91 Å². The number of aromatic nitrogens is 4. The molecule has 0 spiro atoms. The molecule has 128 valence electrons. The summed E-state index contributed by atoms with van der Waals surface area (Å²) in [5.74, 6) is 1.14. The molecule has 0 radical (unpaired) electrons. The number of likely N-dealkylation sites (N-methyl/N-ethyl adjacent to an activating group) is 1. The Morgan fingerprint density at radius 1 is 1.42 bits per heavy atom. The van der Waals surface area contributed by atoms with Crippen molar-refractivity contribution < 1.29 is 4.79 Å². The van der Waals surface area contributed by atoms with Crippen molar-refractivity contribution >= 4 is 5.91 Å². The Morgan fingerprint density at radius 3 is 2.83 bits per heavy atom. The lowest BCUT2D eigenvalue weighted by atomic mass is 10.1. The molecule has 2 aromatic rings. The number of nitrogens with one attached hydrogen (secondary N) is 1. The van der Waals surface area contributed by atoms with Crippen LogP contribution in [0.4, 0.5) is 0 Å². The van der Waals surface area contributed by atoms with Gasteiger partial charge in [0.05, 0.1) is 6.54 Å². The summed E-state index contributed by atoms with van der Waals surface area (Å²) in [4.78, 5) is 25.2. The number of amides is 1. The number of carbonyl (C=O) groups is 1. The molecule has 1 unspecified atom stereocenters. The van der Waals surface area contributed by atoms with Crippen molar-refractivity contribution in [2.24, 2.45) is 0 Å². The topological polar surface area (TPSA) is 78.0 Å². The molecule has 1 atom stereocenters. The molecule has 0 aliphatic carbocycles. The summed E-state index contributed by atoms with van der Waals surface area (Å²) in [5.41, 5.74) is 1.50. The highest BCUT2D eigenvalue weighted by Crippen LogP contribution is 2.19. The molecule has 7 nitrogen and oxygen atoms in total. The number of H-pyrrole nitrogens is 1. The number of likely N-dealkylation sites (tertiary alicyclic amines) is 1. The van der Waals surface area contributed by atoms with Crippen LogP contribution in [0.1, 0.15) is 48.2 Å². The fourth-order valence-electron chi connectivity index (χ4n) is 2.95. The summed E-state index contributed by atoms with van der Waals surface area (Å²) < 4.78 is 0. The second-order valence-corrected chi connectivity index (χ2v) is 6.64. The third-order valence-corrected chi connectivity index (χ3v) is 4.52. The van der Waals surface area contributed by atoms with Gasteiger partial charge in [0, 0.05) is 37.2 Å². The van der Waals surface area contributed by atoms with E-state index in [2.05, 4.69) is 46.0 Å². The highest BCUT2D eigenvalue weighted by atomic mass is 16.2. The predicted octanol–water partition coefficient (Wildman–Crippen LogP) is 1.67. The van der Waals surface area contributed by atoms with Crippen molar-refractivity contribution in [3.05, 3.63) is 41.7 Å². The van der Waals surface area contributed by atoms with E-state index in [1.54, 1.807) is 12.4 Å². The zero-order valence-corrected chi connectivity index (χ0v) is 14.4. The van der Waals surface area contributed by atoms with Gasteiger partial charge in [-0.2, -0.15) is 5.10 Å². The highest BCUT2D eigenvalue weighted by Gasteiger charge is 2.30. The van der Waals surface area contributed by atoms with Crippen molar-refractivity contribution in [3.63, 3.8) is 0 Å². The molecule has 1 aliphatic heterocycles. The third kappa shape index (κ3) is 3.62. The molecule has 3 heterocycles. The lowest BCUT2D eigenvalue weighted by Crippen LogP contribution is -2.36. The smallest absolute Gasteiger partial charge is 0.274 e. The Morgan fingerprint density at radius 2 is 2.17 bits per heavy atom. The lowest BCUT2D eigenvalue weighted by Gasteiger charge is -2.23. The van der Waals surface area contributed by atoms with E-state index in [0.717, 1.165) is 24.5 Å². The molecule has 3 rings (SSSR count). The minimum atomic E-state index is 0.00464. The Hall–Kier alpha value is -2.28. The molecule has 2 aromatic heterocycles. The van der Waals surface area contributed by atoms with Crippen molar-refractivity contribution in [3.8, 4) is 0 Å². The summed E-state index contributed by atoms with van der Waals surface area (Å²) in [6, 6.07) is 4.00. The maximum absolute atomic E-state index is 12.6. The number of carbonyl (C=O) groups excluding carboxylic acids is 1. The van der Waals surface area contributed by atoms with Gasteiger partial charge in [-0.25, -0.2) is 9.97 Å². The van der Waals surface area contributed by atoms with Crippen molar-refractivity contribution in [2.75, 3.05) is 20.1 Å². The van der Waals surface area contributed by atoms with Crippen LogP contribution in [-0.2, 0) is 6.54 Å². The van der Waals surface area contributed by atoms with Crippen LogP contribution in [0.2, 0.25) is 0 Å². The second-order valence-electron chi connectivity index (χ2n) is 6.64. The molecular formula is C17H24N6O. The molecule has 24 heavy (non-hydrogen) atoms. The fraction of sp³-hybridized carbons (Fsp3) is 0.529. The summed E-state index contributed by atoms with van der Waals surface area (Å²) in [5, 5.41) is 7.12. The minimum Gasteiger partial charge on any atom is -0.336 e. The maximum atomic E-state index is 12.6. The van der Waals surface area contributed by atoms with E-state index >= 15 is 0 Å². The summed E-state index contributed by atoms with van der Waals surface area (Å²) >= 11 is 0. The predicted molar refractivity (Wildman–Crippen MR) is 90.5 cm³/mol. The minimum absolute atomic E-state index is 0.00464. The fourth-order valence-corrected chi connectivity index (χ4v) is 2.95. The van der Waals surface area contributed by atoms with E-state index in [1.165, 1.54) is 0 Å². The van der Waals surface area contributed by atoms with Gasteiger partial charge in [0.1, 0.15) is 11.5 Å². The van der Waals surface area contributed by atoms with Crippen molar-refractivity contribution in [1.82, 2.24) is 30.0 Å². The highest BCUT2D eigenvalue weighted by molar-refractivity contribution is 5.92. The second kappa shape index (κ2) is 7.09. The number of hydrogen-bond acceptors (Lipinski definition) is 5. The SMILES string of the molecule is CC(C)c1cc(C(=O)N2CCC(N(C)Cc3ncccn3)C2)n[nH]1. The van der Waals surface area contributed by atoms with Gasteiger partial charge >= 0.3 is 0 Å². The van der Waals surface area contributed by atoms with Gasteiger partial charge in [-0.05, 0) is 31.5 Å². The lowest BCUT2D eigenvalue weighted by molar-refractivity contribution is 0.0773. The van der Waals surface area contributed by atoms with Crippen LogP contribution >= 0.6 is 0 Å². The van der Waals surface area contributed by atoms with E-state index in [0.29, 0.717) is 30.7 Å². The summed E-state index contributed by atoms with van der Waals surface area (Å²) in [6.07, 6.45) is 4.46. The molecule has 1 N–H and O–H groups in total.